The third-order valence-corrected chi connectivity index (χ3v) is 5.14. The molecule has 1 aliphatic rings. The lowest BCUT2D eigenvalue weighted by atomic mass is 9.96. The van der Waals surface area contributed by atoms with E-state index in [1.54, 1.807) is 17.5 Å². The van der Waals surface area contributed by atoms with Gasteiger partial charge in [0.05, 0.1) is 11.7 Å². The third kappa shape index (κ3) is 2.85. The Morgan fingerprint density at radius 2 is 2.29 bits per heavy atom. The summed E-state index contributed by atoms with van der Waals surface area (Å²) in [7, 11) is 0. The summed E-state index contributed by atoms with van der Waals surface area (Å²) in [6.07, 6.45) is 6.77. The van der Waals surface area contributed by atoms with Crippen molar-refractivity contribution < 1.29 is 4.79 Å². The first-order chi connectivity index (χ1) is 11.8. The molecule has 0 radical (unpaired) electrons. The maximum absolute atomic E-state index is 13.0. The van der Waals surface area contributed by atoms with Crippen molar-refractivity contribution in [3.05, 3.63) is 58.7 Å². The fraction of sp³-hybridized carbons (Fsp3) is 0.278. The van der Waals surface area contributed by atoms with Gasteiger partial charge in [0.15, 0.2) is 0 Å². The zero-order valence-corrected chi connectivity index (χ0v) is 14.0. The molecule has 1 unspecified atom stereocenters. The van der Waals surface area contributed by atoms with Crippen molar-refractivity contribution in [3.63, 3.8) is 0 Å². The van der Waals surface area contributed by atoms with Crippen LogP contribution in [0.3, 0.4) is 0 Å². The largest absolute Gasteiger partial charge is 0.330 e. The number of H-pyrrole nitrogens is 1. The van der Waals surface area contributed by atoms with Crippen molar-refractivity contribution >= 4 is 17.2 Å². The van der Waals surface area contributed by atoms with E-state index >= 15 is 0 Å². The molecule has 0 aromatic carbocycles. The highest BCUT2D eigenvalue weighted by Gasteiger charge is 2.29. The Labute approximate surface area is 144 Å². The lowest BCUT2D eigenvalue weighted by molar-refractivity contribution is 0.0605. The maximum Gasteiger partial charge on any atom is 0.272 e. The SMILES string of the molecule is O=C(c1cc(-c2ccsc2)n[nH]1)N1CCCCC1c1cccnc1. The number of nitrogens with zero attached hydrogens (tertiary/aromatic N) is 3. The van der Waals surface area contributed by atoms with E-state index in [2.05, 4.69) is 15.2 Å². The van der Waals surface area contributed by atoms with Gasteiger partial charge in [-0.25, -0.2) is 0 Å². The zero-order valence-electron chi connectivity index (χ0n) is 13.2. The fourth-order valence-corrected chi connectivity index (χ4v) is 3.89. The van der Waals surface area contributed by atoms with Crippen molar-refractivity contribution in [1.29, 1.82) is 0 Å². The number of aromatic nitrogens is 3. The van der Waals surface area contributed by atoms with Crippen LogP contribution in [0.15, 0.2) is 47.4 Å². The second-order valence-electron chi connectivity index (χ2n) is 5.98. The van der Waals surface area contributed by atoms with E-state index in [0.29, 0.717) is 5.69 Å². The first kappa shape index (κ1) is 15.1. The number of pyridine rings is 1. The number of nitrogens with one attached hydrogen (secondary N) is 1. The van der Waals surface area contributed by atoms with Gasteiger partial charge in [0.1, 0.15) is 5.69 Å². The van der Waals surface area contributed by atoms with Crippen LogP contribution >= 0.6 is 11.3 Å². The first-order valence-corrected chi connectivity index (χ1v) is 9.06. The molecule has 1 atom stereocenters. The second-order valence-corrected chi connectivity index (χ2v) is 6.76. The molecule has 0 spiro atoms. The van der Waals surface area contributed by atoms with Crippen LogP contribution < -0.4 is 0 Å². The van der Waals surface area contributed by atoms with Crippen molar-refractivity contribution in [2.75, 3.05) is 6.54 Å². The van der Waals surface area contributed by atoms with Gasteiger partial charge >= 0.3 is 0 Å². The van der Waals surface area contributed by atoms with E-state index in [-0.39, 0.29) is 11.9 Å². The molecule has 4 heterocycles. The summed E-state index contributed by atoms with van der Waals surface area (Å²) in [6, 6.07) is 7.92. The summed E-state index contributed by atoms with van der Waals surface area (Å²) in [6.45, 7) is 0.769. The van der Waals surface area contributed by atoms with Crippen molar-refractivity contribution in [2.24, 2.45) is 0 Å². The lowest BCUT2D eigenvalue weighted by Crippen LogP contribution is -2.38. The van der Waals surface area contributed by atoms with E-state index in [1.807, 2.05) is 46.1 Å². The molecule has 1 N–H and O–H groups in total. The molecular weight excluding hydrogens is 320 g/mol. The monoisotopic (exact) mass is 338 g/mol. The molecule has 5 nitrogen and oxygen atoms in total. The molecule has 24 heavy (non-hydrogen) atoms. The zero-order chi connectivity index (χ0) is 16.4. The van der Waals surface area contributed by atoms with Gasteiger partial charge in [0.2, 0.25) is 0 Å². The number of aromatic amines is 1. The second kappa shape index (κ2) is 6.57. The first-order valence-electron chi connectivity index (χ1n) is 8.12. The van der Waals surface area contributed by atoms with Crippen LogP contribution in [0.5, 0.6) is 0 Å². The number of thiophene rings is 1. The van der Waals surface area contributed by atoms with E-state index < -0.39 is 0 Å². The van der Waals surface area contributed by atoms with Crippen molar-refractivity contribution in [2.45, 2.75) is 25.3 Å². The maximum atomic E-state index is 13.0. The molecule has 0 bridgehead atoms. The minimum atomic E-state index is 0.0116. The number of carbonyl (C=O) groups is 1. The smallest absolute Gasteiger partial charge is 0.272 e. The number of rotatable bonds is 3. The molecule has 1 saturated heterocycles. The fourth-order valence-electron chi connectivity index (χ4n) is 3.24. The highest BCUT2D eigenvalue weighted by Crippen LogP contribution is 2.32. The van der Waals surface area contributed by atoms with Gasteiger partial charge in [-0.2, -0.15) is 16.4 Å². The van der Waals surface area contributed by atoms with Gasteiger partial charge in [-0.1, -0.05) is 6.07 Å². The van der Waals surface area contributed by atoms with Crippen LogP contribution in [0.2, 0.25) is 0 Å². The topological polar surface area (TPSA) is 61.9 Å². The average molecular weight is 338 g/mol. The molecule has 6 heteroatoms. The van der Waals surface area contributed by atoms with Gasteiger partial charge < -0.3 is 4.90 Å². The van der Waals surface area contributed by atoms with Crippen LogP contribution in [-0.2, 0) is 0 Å². The summed E-state index contributed by atoms with van der Waals surface area (Å²) < 4.78 is 0. The predicted octanol–water partition coefficient (Wildman–Crippen LogP) is 3.90. The Morgan fingerprint density at radius 1 is 1.33 bits per heavy atom. The van der Waals surface area contributed by atoms with Crippen LogP contribution in [0.1, 0.15) is 41.4 Å². The standard InChI is InChI=1S/C18H18N4OS/c23-18(16-10-15(20-21-16)14-6-9-24-12-14)22-8-2-1-5-17(22)13-4-3-7-19-11-13/h3-4,6-7,9-12,17H,1-2,5,8H2,(H,20,21). The molecule has 3 aromatic rings. The van der Waals surface area contributed by atoms with Gasteiger partial charge in [-0.15, -0.1) is 0 Å². The van der Waals surface area contributed by atoms with Gasteiger partial charge in [0, 0.05) is 29.9 Å². The van der Waals surface area contributed by atoms with Crippen LogP contribution in [0, 0.1) is 0 Å². The number of piperidine rings is 1. The Bertz CT molecular complexity index is 813. The summed E-state index contributed by atoms with van der Waals surface area (Å²) in [5, 5.41) is 11.2. The normalized spacial score (nSPS) is 17.8. The van der Waals surface area contributed by atoms with E-state index in [9.17, 15) is 4.79 Å². The average Bonchev–Trinajstić information content (AvgIpc) is 3.33. The highest BCUT2D eigenvalue weighted by molar-refractivity contribution is 7.08. The van der Waals surface area contributed by atoms with Gasteiger partial charge in [0.25, 0.3) is 5.91 Å². The molecule has 3 aromatic heterocycles. The van der Waals surface area contributed by atoms with Crippen LogP contribution in [0.25, 0.3) is 11.3 Å². The summed E-state index contributed by atoms with van der Waals surface area (Å²) >= 11 is 1.62. The van der Waals surface area contributed by atoms with Gasteiger partial charge in [-0.05, 0) is 48.4 Å². The molecule has 1 amide bonds. The number of hydrogen-bond donors (Lipinski definition) is 1. The van der Waals surface area contributed by atoms with E-state index in [1.165, 1.54) is 0 Å². The highest BCUT2D eigenvalue weighted by atomic mass is 32.1. The van der Waals surface area contributed by atoms with Crippen LogP contribution in [0.4, 0.5) is 0 Å². The van der Waals surface area contributed by atoms with Gasteiger partial charge in [-0.3, -0.25) is 14.9 Å². The minimum Gasteiger partial charge on any atom is -0.330 e. The van der Waals surface area contributed by atoms with E-state index in [4.69, 9.17) is 0 Å². The third-order valence-electron chi connectivity index (χ3n) is 4.46. The quantitative estimate of drug-likeness (QED) is 0.788. The lowest BCUT2D eigenvalue weighted by Gasteiger charge is -2.35. The minimum absolute atomic E-state index is 0.0116. The molecule has 0 saturated carbocycles. The number of likely N-dealkylation sites (tertiary alicyclic amines) is 1. The molecule has 1 fully saturated rings. The van der Waals surface area contributed by atoms with Crippen LogP contribution in [-0.4, -0.2) is 32.5 Å². The summed E-state index contributed by atoms with van der Waals surface area (Å²) in [4.78, 5) is 19.2. The summed E-state index contributed by atoms with van der Waals surface area (Å²) in [5.41, 5.74) is 3.50. The summed E-state index contributed by atoms with van der Waals surface area (Å²) in [5.74, 6) is 0.0116. The molecule has 0 aliphatic carbocycles. The van der Waals surface area contributed by atoms with Crippen molar-refractivity contribution in [1.82, 2.24) is 20.1 Å². The van der Waals surface area contributed by atoms with Crippen molar-refractivity contribution in [3.8, 4) is 11.3 Å². The number of amides is 1. The Balaban J connectivity index is 1.60. The number of hydrogen-bond acceptors (Lipinski definition) is 4. The molecular formula is C18H18N4OS. The Hall–Kier alpha value is -2.47. The predicted molar refractivity (Wildman–Crippen MR) is 93.8 cm³/mol. The number of carbonyl (C=O) groups excluding carboxylic acids is 1. The molecule has 4 rings (SSSR count). The Kier molecular flexibility index (Phi) is 4.13. The molecule has 1 aliphatic heterocycles. The molecule has 122 valence electrons. The van der Waals surface area contributed by atoms with E-state index in [0.717, 1.165) is 42.6 Å². The Morgan fingerprint density at radius 3 is 3.08 bits per heavy atom.